The molecule has 2 aromatic carbocycles. The lowest BCUT2D eigenvalue weighted by Gasteiger charge is -2.12. The maximum absolute atomic E-state index is 13.3. The molecule has 3 rings (SSSR count). The molecule has 0 unspecified atom stereocenters. The number of rotatable bonds is 12. The number of unbranched alkanes of at least 4 members (excludes halogenated alkanes) is 8. The third kappa shape index (κ3) is 6.56. The van der Waals surface area contributed by atoms with E-state index in [4.69, 9.17) is 9.72 Å². The number of para-hydroxylation sites is 1. The van der Waals surface area contributed by atoms with E-state index in [9.17, 15) is 4.39 Å². The molecule has 0 aliphatic rings. The summed E-state index contributed by atoms with van der Waals surface area (Å²) in [5, 5.41) is 1.02. The minimum atomic E-state index is -0.239. The molecule has 154 valence electrons. The lowest BCUT2D eigenvalue weighted by Crippen LogP contribution is -1.99. The predicted molar refractivity (Wildman–Crippen MR) is 120 cm³/mol. The summed E-state index contributed by atoms with van der Waals surface area (Å²) in [6.45, 7) is 2.97. The lowest BCUT2D eigenvalue weighted by molar-refractivity contribution is 0.307. The summed E-state index contributed by atoms with van der Waals surface area (Å²) >= 11 is 0. The minimum absolute atomic E-state index is 0.239. The number of nitrogens with zero attached hydrogens (tertiary/aromatic N) is 1. The Labute approximate surface area is 174 Å². The van der Waals surface area contributed by atoms with Gasteiger partial charge in [-0.25, -0.2) is 9.37 Å². The Kier molecular flexibility index (Phi) is 8.48. The Morgan fingerprint density at radius 1 is 0.793 bits per heavy atom. The fraction of sp³-hybridized carbons (Fsp3) is 0.423. The molecule has 0 fully saturated rings. The van der Waals surface area contributed by atoms with Crippen LogP contribution in [0.25, 0.3) is 22.2 Å². The SMILES string of the molecule is CCCCCCCCCCCOc1cc(-c2ccc(F)cc2)nc2ccccc12. The number of fused-ring (bicyclic) bond motifs is 1. The third-order valence-electron chi connectivity index (χ3n) is 5.32. The van der Waals surface area contributed by atoms with Crippen molar-refractivity contribution >= 4 is 10.9 Å². The molecule has 0 saturated heterocycles. The fourth-order valence-corrected chi connectivity index (χ4v) is 3.63. The van der Waals surface area contributed by atoms with Crippen LogP contribution in [0.4, 0.5) is 4.39 Å². The van der Waals surface area contributed by atoms with Crippen molar-refractivity contribution in [2.75, 3.05) is 6.61 Å². The smallest absolute Gasteiger partial charge is 0.130 e. The van der Waals surface area contributed by atoms with E-state index < -0.39 is 0 Å². The topological polar surface area (TPSA) is 22.1 Å². The molecule has 1 heterocycles. The zero-order chi connectivity index (χ0) is 20.3. The highest BCUT2D eigenvalue weighted by Crippen LogP contribution is 2.30. The second-order valence-corrected chi connectivity index (χ2v) is 7.71. The van der Waals surface area contributed by atoms with Crippen LogP contribution in [0.3, 0.4) is 0 Å². The van der Waals surface area contributed by atoms with Gasteiger partial charge in [0, 0.05) is 17.0 Å². The molecule has 3 heteroatoms. The van der Waals surface area contributed by atoms with Gasteiger partial charge in [-0.05, 0) is 42.8 Å². The number of aromatic nitrogens is 1. The number of benzene rings is 2. The van der Waals surface area contributed by atoms with Crippen molar-refractivity contribution in [1.82, 2.24) is 4.98 Å². The van der Waals surface area contributed by atoms with Gasteiger partial charge in [0.2, 0.25) is 0 Å². The van der Waals surface area contributed by atoms with Crippen LogP contribution in [-0.2, 0) is 0 Å². The van der Waals surface area contributed by atoms with Crippen LogP contribution in [0.1, 0.15) is 64.7 Å². The highest BCUT2D eigenvalue weighted by atomic mass is 19.1. The number of pyridine rings is 1. The van der Waals surface area contributed by atoms with Crippen molar-refractivity contribution in [3.8, 4) is 17.0 Å². The van der Waals surface area contributed by atoms with Gasteiger partial charge in [0.25, 0.3) is 0 Å². The van der Waals surface area contributed by atoms with Crippen LogP contribution < -0.4 is 4.74 Å². The normalized spacial score (nSPS) is 11.1. The standard InChI is InChI=1S/C26H32FNO/c1-2-3-4-5-6-7-8-9-12-19-29-26-20-25(21-15-17-22(27)18-16-21)28-24-14-11-10-13-23(24)26/h10-11,13-18,20H,2-9,12,19H2,1H3. The molecule has 2 nitrogen and oxygen atoms in total. The van der Waals surface area contributed by atoms with Crippen LogP contribution in [0.2, 0.25) is 0 Å². The largest absolute Gasteiger partial charge is 0.493 e. The summed E-state index contributed by atoms with van der Waals surface area (Å²) in [6, 6.07) is 16.5. The summed E-state index contributed by atoms with van der Waals surface area (Å²) in [6.07, 6.45) is 11.7. The van der Waals surface area contributed by atoms with E-state index in [2.05, 4.69) is 6.92 Å². The van der Waals surface area contributed by atoms with Crippen molar-refractivity contribution in [3.05, 3.63) is 60.4 Å². The summed E-state index contributed by atoms with van der Waals surface area (Å²) < 4.78 is 19.4. The van der Waals surface area contributed by atoms with Crippen molar-refractivity contribution in [2.24, 2.45) is 0 Å². The number of hydrogen-bond donors (Lipinski definition) is 0. The molecule has 0 spiro atoms. The number of ether oxygens (including phenoxy) is 1. The Morgan fingerprint density at radius 3 is 2.17 bits per heavy atom. The van der Waals surface area contributed by atoms with E-state index in [1.165, 1.54) is 63.5 Å². The van der Waals surface area contributed by atoms with Gasteiger partial charge >= 0.3 is 0 Å². The molecule has 0 N–H and O–H groups in total. The van der Waals surface area contributed by atoms with Gasteiger partial charge in [-0.2, -0.15) is 0 Å². The molecule has 0 amide bonds. The van der Waals surface area contributed by atoms with Gasteiger partial charge < -0.3 is 4.74 Å². The Bertz CT molecular complexity index is 876. The first-order valence-electron chi connectivity index (χ1n) is 11.1. The van der Waals surface area contributed by atoms with Gasteiger partial charge in [-0.1, -0.05) is 70.4 Å². The molecule has 0 atom stereocenters. The molecule has 0 bridgehead atoms. The van der Waals surface area contributed by atoms with Crippen LogP contribution in [-0.4, -0.2) is 11.6 Å². The molecular formula is C26H32FNO. The van der Waals surface area contributed by atoms with Gasteiger partial charge in [0.1, 0.15) is 11.6 Å². The Balaban J connectivity index is 1.55. The van der Waals surface area contributed by atoms with Crippen molar-refractivity contribution < 1.29 is 9.13 Å². The van der Waals surface area contributed by atoms with E-state index in [0.717, 1.165) is 34.3 Å². The van der Waals surface area contributed by atoms with E-state index in [1.807, 2.05) is 30.3 Å². The maximum atomic E-state index is 13.3. The highest BCUT2D eigenvalue weighted by Gasteiger charge is 2.09. The summed E-state index contributed by atoms with van der Waals surface area (Å²) in [5.41, 5.74) is 2.60. The molecule has 0 saturated carbocycles. The average Bonchev–Trinajstić information content (AvgIpc) is 2.75. The first-order chi connectivity index (χ1) is 14.3. The summed E-state index contributed by atoms with van der Waals surface area (Å²) in [4.78, 5) is 4.73. The van der Waals surface area contributed by atoms with Crippen LogP contribution in [0, 0.1) is 5.82 Å². The van der Waals surface area contributed by atoms with Crippen molar-refractivity contribution in [2.45, 2.75) is 64.7 Å². The quantitative estimate of drug-likeness (QED) is 0.291. The van der Waals surface area contributed by atoms with Gasteiger partial charge in [-0.15, -0.1) is 0 Å². The Hall–Kier alpha value is -2.42. The van der Waals surface area contributed by atoms with Crippen molar-refractivity contribution in [1.29, 1.82) is 0 Å². The fourth-order valence-electron chi connectivity index (χ4n) is 3.63. The molecule has 1 aromatic heterocycles. The van der Waals surface area contributed by atoms with Gasteiger partial charge in [0.05, 0.1) is 17.8 Å². The molecule has 0 aliphatic carbocycles. The highest BCUT2D eigenvalue weighted by molar-refractivity contribution is 5.87. The molecular weight excluding hydrogens is 361 g/mol. The predicted octanol–water partition coefficient (Wildman–Crippen LogP) is 7.95. The second-order valence-electron chi connectivity index (χ2n) is 7.71. The zero-order valence-electron chi connectivity index (χ0n) is 17.5. The summed E-state index contributed by atoms with van der Waals surface area (Å²) in [5.74, 6) is 0.617. The van der Waals surface area contributed by atoms with E-state index in [1.54, 1.807) is 12.1 Å². The molecule has 0 aliphatic heterocycles. The lowest BCUT2D eigenvalue weighted by atomic mass is 10.1. The van der Waals surface area contributed by atoms with Crippen LogP contribution in [0.15, 0.2) is 54.6 Å². The van der Waals surface area contributed by atoms with E-state index in [0.29, 0.717) is 6.61 Å². The average molecular weight is 394 g/mol. The second kappa shape index (κ2) is 11.5. The molecule has 0 radical (unpaired) electrons. The monoisotopic (exact) mass is 393 g/mol. The van der Waals surface area contributed by atoms with E-state index >= 15 is 0 Å². The molecule has 3 aromatic rings. The number of hydrogen-bond acceptors (Lipinski definition) is 2. The zero-order valence-corrected chi connectivity index (χ0v) is 17.5. The third-order valence-corrected chi connectivity index (χ3v) is 5.32. The summed E-state index contributed by atoms with van der Waals surface area (Å²) in [7, 11) is 0. The maximum Gasteiger partial charge on any atom is 0.130 e. The Morgan fingerprint density at radius 2 is 1.45 bits per heavy atom. The van der Waals surface area contributed by atoms with Crippen molar-refractivity contribution in [3.63, 3.8) is 0 Å². The van der Waals surface area contributed by atoms with Gasteiger partial charge in [-0.3, -0.25) is 0 Å². The van der Waals surface area contributed by atoms with Crippen LogP contribution in [0.5, 0.6) is 5.75 Å². The first kappa shape index (κ1) is 21.3. The van der Waals surface area contributed by atoms with Gasteiger partial charge in [0.15, 0.2) is 0 Å². The minimum Gasteiger partial charge on any atom is -0.493 e. The first-order valence-corrected chi connectivity index (χ1v) is 11.1. The number of halogens is 1. The van der Waals surface area contributed by atoms with Crippen LogP contribution >= 0.6 is 0 Å². The molecule has 29 heavy (non-hydrogen) atoms. The van der Waals surface area contributed by atoms with E-state index in [-0.39, 0.29) is 5.82 Å².